The van der Waals surface area contributed by atoms with Gasteiger partial charge in [0.2, 0.25) is 0 Å². The van der Waals surface area contributed by atoms with Crippen LogP contribution in [-0.4, -0.2) is 56.8 Å². The van der Waals surface area contributed by atoms with Crippen LogP contribution in [0.4, 0.5) is 4.39 Å². The van der Waals surface area contributed by atoms with Crippen molar-refractivity contribution in [1.82, 2.24) is 13.9 Å². The van der Waals surface area contributed by atoms with Gasteiger partial charge in [0.1, 0.15) is 5.82 Å². The smallest absolute Gasteiger partial charge is 0.279 e. The lowest BCUT2D eigenvalue weighted by Crippen LogP contribution is -2.49. The SMILES string of the molecule is CN(C)S(=O)(=O)NC1CCN(C(=O)c2ccccc2F)CC1. The molecule has 0 atom stereocenters. The molecule has 1 fully saturated rings. The molecule has 1 aromatic carbocycles. The van der Waals surface area contributed by atoms with Gasteiger partial charge in [0.05, 0.1) is 5.56 Å². The summed E-state index contributed by atoms with van der Waals surface area (Å²) in [6, 6.07) is 5.66. The van der Waals surface area contributed by atoms with E-state index in [1.54, 1.807) is 11.0 Å². The first-order valence-corrected chi connectivity index (χ1v) is 8.49. The zero-order chi connectivity index (χ0) is 16.3. The summed E-state index contributed by atoms with van der Waals surface area (Å²) in [4.78, 5) is 13.8. The first-order valence-electron chi connectivity index (χ1n) is 7.05. The number of benzene rings is 1. The third-order valence-electron chi connectivity index (χ3n) is 3.68. The highest BCUT2D eigenvalue weighted by atomic mass is 32.2. The number of nitrogens with one attached hydrogen (secondary N) is 1. The van der Waals surface area contributed by atoms with Gasteiger partial charge < -0.3 is 4.90 Å². The minimum atomic E-state index is -3.47. The van der Waals surface area contributed by atoms with Crippen LogP contribution in [0.1, 0.15) is 23.2 Å². The van der Waals surface area contributed by atoms with Crippen LogP contribution in [-0.2, 0) is 10.2 Å². The molecule has 0 spiro atoms. The van der Waals surface area contributed by atoms with Gasteiger partial charge >= 0.3 is 0 Å². The van der Waals surface area contributed by atoms with Gasteiger partial charge in [-0.3, -0.25) is 4.79 Å². The number of hydrogen-bond donors (Lipinski definition) is 1. The van der Waals surface area contributed by atoms with Gasteiger partial charge in [-0.2, -0.15) is 17.4 Å². The zero-order valence-electron chi connectivity index (χ0n) is 12.6. The van der Waals surface area contributed by atoms with Crippen LogP contribution in [0, 0.1) is 5.82 Å². The molecule has 122 valence electrons. The number of piperidine rings is 1. The molecule has 1 amide bonds. The van der Waals surface area contributed by atoms with Gasteiger partial charge in [-0.25, -0.2) is 4.39 Å². The predicted octanol–water partition coefficient (Wildman–Crippen LogP) is 0.826. The highest BCUT2D eigenvalue weighted by Crippen LogP contribution is 2.16. The second kappa shape index (κ2) is 6.72. The number of amides is 1. The fraction of sp³-hybridized carbons (Fsp3) is 0.500. The Morgan fingerprint density at radius 1 is 1.27 bits per heavy atom. The van der Waals surface area contributed by atoms with Gasteiger partial charge in [0.25, 0.3) is 16.1 Å². The van der Waals surface area contributed by atoms with Crippen molar-refractivity contribution >= 4 is 16.1 Å². The monoisotopic (exact) mass is 329 g/mol. The van der Waals surface area contributed by atoms with E-state index >= 15 is 0 Å². The molecule has 1 N–H and O–H groups in total. The van der Waals surface area contributed by atoms with E-state index < -0.39 is 16.0 Å². The Kier molecular flexibility index (Phi) is 5.15. The Labute approximate surface area is 130 Å². The number of likely N-dealkylation sites (tertiary alicyclic amines) is 1. The Balaban J connectivity index is 1.95. The minimum absolute atomic E-state index is 0.0508. The summed E-state index contributed by atoms with van der Waals surface area (Å²) in [5.74, 6) is -0.894. The molecule has 22 heavy (non-hydrogen) atoms. The van der Waals surface area contributed by atoms with Crippen molar-refractivity contribution in [3.05, 3.63) is 35.6 Å². The third-order valence-corrected chi connectivity index (χ3v) is 5.28. The average Bonchev–Trinajstić information content (AvgIpc) is 2.47. The second-order valence-electron chi connectivity index (χ2n) is 5.45. The van der Waals surface area contributed by atoms with E-state index in [9.17, 15) is 17.6 Å². The standard InChI is InChI=1S/C14H20FN3O3S/c1-17(2)22(20,21)16-11-7-9-18(10-8-11)14(19)12-5-3-4-6-13(12)15/h3-6,11,16H,7-10H2,1-2H3. The van der Waals surface area contributed by atoms with Crippen molar-refractivity contribution in [2.24, 2.45) is 0 Å². The van der Waals surface area contributed by atoms with Crippen molar-refractivity contribution < 1.29 is 17.6 Å². The van der Waals surface area contributed by atoms with E-state index in [-0.39, 0.29) is 17.5 Å². The Bertz CT molecular complexity index is 640. The molecule has 0 saturated carbocycles. The summed E-state index contributed by atoms with van der Waals surface area (Å²) in [5, 5.41) is 0. The van der Waals surface area contributed by atoms with Crippen LogP contribution in [0.5, 0.6) is 0 Å². The van der Waals surface area contributed by atoms with Crippen molar-refractivity contribution in [2.75, 3.05) is 27.2 Å². The fourth-order valence-electron chi connectivity index (χ4n) is 2.32. The maximum Gasteiger partial charge on any atom is 0.279 e. The fourth-order valence-corrected chi connectivity index (χ4v) is 3.19. The van der Waals surface area contributed by atoms with Crippen LogP contribution < -0.4 is 4.72 Å². The van der Waals surface area contributed by atoms with Gasteiger partial charge in [0.15, 0.2) is 0 Å². The lowest BCUT2D eigenvalue weighted by Gasteiger charge is -2.32. The third kappa shape index (κ3) is 3.82. The van der Waals surface area contributed by atoms with Crippen LogP contribution in [0.3, 0.4) is 0 Å². The number of carbonyl (C=O) groups excluding carboxylic acids is 1. The largest absolute Gasteiger partial charge is 0.338 e. The molecule has 0 unspecified atom stereocenters. The average molecular weight is 329 g/mol. The number of rotatable bonds is 4. The number of nitrogens with zero attached hydrogens (tertiary/aromatic N) is 2. The molecule has 1 aliphatic heterocycles. The molecule has 1 aromatic rings. The van der Waals surface area contributed by atoms with E-state index in [1.807, 2.05) is 0 Å². The van der Waals surface area contributed by atoms with Gasteiger partial charge in [-0.15, -0.1) is 0 Å². The molecule has 1 aliphatic rings. The van der Waals surface area contributed by atoms with Crippen LogP contribution >= 0.6 is 0 Å². The van der Waals surface area contributed by atoms with E-state index in [1.165, 1.54) is 32.3 Å². The first-order chi connectivity index (χ1) is 10.3. The first kappa shape index (κ1) is 16.9. The molecular formula is C14H20FN3O3S. The van der Waals surface area contributed by atoms with Crippen molar-refractivity contribution in [2.45, 2.75) is 18.9 Å². The molecule has 0 aliphatic carbocycles. The van der Waals surface area contributed by atoms with Crippen LogP contribution in [0.25, 0.3) is 0 Å². The summed E-state index contributed by atoms with van der Waals surface area (Å²) in [7, 11) is -0.560. The highest BCUT2D eigenvalue weighted by Gasteiger charge is 2.28. The molecule has 2 rings (SSSR count). The molecule has 1 saturated heterocycles. The lowest BCUT2D eigenvalue weighted by molar-refractivity contribution is 0.0706. The molecule has 0 aromatic heterocycles. The molecule has 0 radical (unpaired) electrons. The highest BCUT2D eigenvalue weighted by molar-refractivity contribution is 7.87. The van der Waals surface area contributed by atoms with Crippen molar-refractivity contribution in [1.29, 1.82) is 0 Å². The van der Waals surface area contributed by atoms with Gasteiger partial charge in [0, 0.05) is 33.2 Å². The Morgan fingerprint density at radius 3 is 2.41 bits per heavy atom. The number of hydrogen-bond acceptors (Lipinski definition) is 3. The van der Waals surface area contributed by atoms with Crippen molar-refractivity contribution in [3.63, 3.8) is 0 Å². The second-order valence-corrected chi connectivity index (χ2v) is 7.37. The summed E-state index contributed by atoms with van der Waals surface area (Å²) < 4.78 is 40.9. The van der Waals surface area contributed by atoms with E-state index in [4.69, 9.17) is 0 Å². The minimum Gasteiger partial charge on any atom is -0.338 e. The van der Waals surface area contributed by atoms with Crippen LogP contribution in [0.15, 0.2) is 24.3 Å². The summed E-state index contributed by atoms with van der Waals surface area (Å²) in [6.07, 6.45) is 1.01. The van der Waals surface area contributed by atoms with E-state index in [0.717, 1.165) is 4.31 Å². The molecule has 0 bridgehead atoms. The van der Waals surface area contributed by atoms with Gasteiger partial charge in [-0.05, 0) is 25.0 Å². The Hall–Kier alpha value is -1.51. The number of carbonyl (C=O) groups is 1. The van der Waals surface area contributed by atoms with E-state index in [2.05, 4.69) is 4.72 Å². The maximum atomic E-state index is 13.6. The summed E-state index contributed by atoms with van der Waals surface area (Å²) in [6.45, 7) is 0.793. The predicted molar refractivity (Wildman–Crippen MR) is 81.1 cm³/mol. The Morgan fingerprint density at radius 2 is 1.86 bits per heavy atom. The molecule has 8 heteroatoms. The maximum absolute atomic E-state index is 13.6. The molecule has 6 nitrogen and oxygen atoms in total. The van der Waals surface area contributed by atoms with E-state index in [0.29, 0.717) is 25.9 Å². The summed E-state index contributed by atoms with van der Waals surface area (Å²) >= 11 is 0. The molecule has 1 heterocycles. The lowest BCUT2D eigenvalue weighted by atomic mass is 10.0. The quantitative estimate of drug-likeness (QED) is 0.889. The number of halogens is 1. The topological polar surface area (TPSA) is 69.7 Å². The zero-order valence-corrected chi connectivity index (χ0v) is 13.4. The van der Waals surface area contributed by atoms with Gasteiger partial charge in [-0.1, -0.05) is 12.1 Å². The molecular weight excluding hydrogens is 309 g/mol. The normalized spacial score (nSPS) is 17.0. The van der Waals surface area contributed by atoms with Crippen LogP contribution in [0.2, 0.25) is 0 Å². The van der Waals surface area contributed by atoms with Crippen molar-refractivity contribution in [3.8, 4) is 0 Å². The summed E-state index contributed by atoms with van der Waals surface area (Å²) in [5.41, 5.74) is 0.0508.